The first kappa shape index (κ1) is 12.6. The van der Waals surface area contributed by atoms with E-state index in [1.165, 1.54) is 23.1 Å². The van der Waals surface area contributed by atoms with Gasteiger partial charge in [0, 0.05) is 4.90 Å². The zero-order valence-corrected chi connectivity index (χ0v) is 12.1. The van der Waals surface area contributed by atoms with Gasteiger partial charge in [-0.25, -0.2) is 0 Å². The second kappa shape index (κ2) is 4.95. The maximum atomic E-state index is 11.5. The molecule has 0 radical (unpaired) electrons. The Kier molecular flexibility index (Phi) is 3.29. The predicted octanol–water partition coefficient (Wildman–Crippen LogP) is 2.55. The lowest BCUT2D eigenvalue weighted by Crippen LogP contribution is -2.12. The van der Waals surface area contributed by atoms with Gasteiger partial charge in [0.25, 0.3) is 11.7 Å². The zero-order chi connectivity index (χ0) is 13.4. The highest BCUT2D eigenvalue weighted by atomic mass is 32.2. The summed E-state index contributed by atoms with van der Waals surface area (Å²) in [7, 11) is 0. The van der Waals surface area contributed by atoms with Crippen LogP contribution >= 0.6 is 34.9 Å². The third kappa shape index (κ3) is 2.38. The fraction of sp³-hybridized carbons (Fsp3) is 0.0909. The number of anilines is 1. The van der Waals surface area contributed by atoms with Gasteiger partial charge in [-0.1, -0.05) is 34.9 Å². The maximum absolute atomic E-state index is 11.5. The van der Waals surface area contributed by atoms with Crippen molar-refractivity contribution in [1.82, 2.24) is 10.2 Å². The molecule has 0 atom stereocenters. The number of hydrogen-bond acceptors (Lipinski definition) is 7. The number of Topliss-reactive ketones (excluding diaryl/α,β-unsaturated/α-hetero) is 1. The first-order chi connectivity index (χ1) is 9.17. The van der Waals surface area contributed by atoms with E-state index < -0.39 is 11.7 Å². The van der Waals surface area contributed by atoms with Crippen molar-refractivity contribution in [3.05, 3.63) is 23.8 Å². The summed E-state index contributed by atoms with van der Waals surface area (Å²) >= 11 is 4.52. The smallest absolute Gasteiger partial charge is 0.296 e. The Hall–Kier alpha value is -1.38. The Labute approximate surface area is 121 Å². The van der Waals surface area contributed by atoms with E-state index in [1.54, 1.807) is 23.9 Å². The molecule has 1 aliphatic heterocycles. The van der Waals surface area contributed by atoms with E-state index in [4.69, 9.17) is 0 Å². The number of rotatable bonds is 3. The number of hydrogen-bond donors (Lipinski definition) is 1. The molecule has 96 valence electrons. The number of aromatic nitrogens is 2. The third-order valence-electron chi connectivity index (χ3n) is 2.46. The summed E-state index contributed by atoms with van der Waals surface area (Å²) in [5, 5.41) is 10.6. The van der Waals surface area contributed by atoms with Crippen molar-refractivity contribution >= 4 is 52.2 Å². The molecular weight excluding hydrogens is 302 g/mol. The standard InChI is InChI=1S/C11H7N3O2S3/c1-17-10-13-14-11(19-10)18-5-2-3-6-7(4-5)12-9(16)8(6)15/h2-4H,1H3,(H,12,15,16). The van der Waals surface area contributed by atoms with Gasteiger partial charge in [0.2, 0.25) is 0 Å². The van der Waals surface area contributed by atoms with Gasteiger partial charge in [0.15, 0.2) is 8.68 Å². The highest BCUT2D eigenvalue weighted by Gasteiger charge is 2.27. The lowest BCUT2D eigenvalue weighted by atomic mass is 10.1. The predicted molar refractivity (Wildman–Crippen MR) is 75.2 cm³/mol. The van der Waals surface area contributed by atoms with Gasteiger partial charge in [-0.15, -0.1) is 10.2 Å². The van der Waals surface area contributed by atoms with Crippen molar-refractivity contribution in [2.24, 2.45) is 0 Å². The number of carbonyl (C=O) groups is 2. The zero-order valence-electron chi connectivity index (χ0n) is 9.67. The Balaban J connectivity index is 1.86. The van der Waals surface area contributed by atoms with Crippen LogP contribution in [-0.4, -0.2) is 28.1 Å². The molecule has 2 aromatic rings. The fourth-order valence-electron chi connectivity index (χ4n) is 1.61. The van der Waals surface area contributed by atoms with Gasteiger partial charge in [-0.2, -0.15) is 0 Å². The SMILES string of the molecule is CSc1nnc(Sc2ccc3c(c2)NC(=O)C3=O)s1. The maximum Gasteiger partial charge on any atom is 0.296 e. The van der Waals surface area contributed by atoms with E-state index in [-0.39, 0.29) is 0 Å². The lowest BCUT2D eigenvalue weighted by Gasteiger charge is -2.00. The number of nitrogens with one attached hydrogen (secondary N) is 1. The van der Waals surface area contributed by atoms with E-state index in [0.29, 0.717) is 11.3 Å². The molecule has 0 saturated heterocycles. The van der Waals surface area contributed by atoms with Gasteiger partial charge >= 0.3 is 0 Å². The summed E-state index contributed by atoms with van der Waals surface area (Å²) in [5.74, 6) is -1.05. The summed E-state index contributed by atoms with van der Waals surface area (Å²) in [5.41, 5.74) is 0.992. The van der Waals surface area contributed by atoms with Crippen molar-refractivity contribution < 1.29 is 9.59 Å². The topological polar surface area (TPSA) is 72.0 Å². The van der Waals surface area contributed by atoms with Crippen LogP contribution in [0.15, 0.2) is 31.8 Å². The van der Waals surface area contributed by atoms with Gasteiger partial charge in [-0.3, -0.25) is 9.59 Å². The van der Waals surface area contributed by atoms with Crippen LogP contribution in [-0.2, 0) is 4.79 Å². The molecule has 1 aromatic carbocycles. The Morgan fingerprint density at radius 3 is 2.74 bits per heavy atom. The number of benzene rings is 1. The molecule has 1 amide bonds. The molecule has 1 aliphatic rings. The van der Waals surface area contributed by atoms with Gasteiger partial charge < -0.3 is 5.32 Å². The molecule has 0 saturated carbocycles. The average Bonchev–Trinajstić information content (AvgIpc) is 2.96. The quantitative estimate of drug-likeness (QED) is 0.694. The molecule has 0 spiro atoms. The van der Waals surface area contributed by atoms with Crippen LogP contribution in [0.1, 0.15) is 10.4 Å². The van der Waals surface area contributed by atoms with Gasteiger partial charge in [0.1, 0.15) is 0 Å². The molecule has 1 aromatic heterocycles. The Bertz CT molecular complexity index is 684. The van der Waals surface area contributed by atoms with E-state index in [9.17, 15) is 9.59 Å². The molecular formula is C11H7N3O2S3. The molecule has 0 fully saturated rings. The normalized spacial score (nSPS) is 13.5. The number of amides is 1. The summed E-state index contributed by atoms with van der Waals surface area (Å²) in [4.78, 5) is 23.6. The van der Waals surface area contributed by atoms with Crippen LogP contribution in [0, 0.1) is 0 Å². The van der Waals surface area contributed by atoms with E-state index >= 15 is 0 Å². The average molecular weight is 309 g/mol. The number of fused-ring (bicyclic) bond motifs is 1. The monoisotopic (exact) mass is 309 g/mol. The molecule has 0 unspecified atom stereocenters. The Morgan fingerprint density at radius 2 is 2.00 bits per heavy atom. The number of thioether (sulfide) groups is 1. The molecule has 19 heavy (non-hydrogen) atoms. The molecule has 8 heteroatoms. The van der Waals surface area contributed by atoms with E-state index in [1.807, 2.05) is 12.3 Å². The molecule has 0 aliphatic carbocycles. The highest BCUT2D eigenvalue weighted by molar-refractivity contribution is 8.03. The number of ketones is 1. The summed E-state index contributed by atoms with van der Waals surface area (Å²) in [6.45, 7) is 0. The van der Waals surface area contributed by atoms with Gasteiger partial charge in [-0.05, 0) is 24.5 Å². The highest BCUT2D eigenvalue weighted by Crippen LogP contribution is 2.35. The molecule has 0 bridgehead atoms. The Morgan fingerprint density at radius 1 is 1.21 bits per heavy atom. The van der Waals surface area contributed by atoms with Crippen molar-refractivity contribution in [3.8, 4) is 0 Å². The van der Waals surface area contributed by atoms with Crippen molar-refractivity contribution in [2.45, 2.75) is 13.6 Å². The van der Waals surface area contributed by atoms with Crippen LogP contribution in [0.25, 0.3) is 0 Å². The molecule has 2 heterocycles. The number of carbonyl (C=O) groups excluding carboxylic acids is 2. The van der Waals surface area contributed by atoms with Gasteiger partial charge in [0.05, 0.1) is 11.3 Å². The lowest BCUT2D eigenvalue weighted by molar-refractivity contribution is -0.112. The second-order valence-electron chi connectivity index (χ2n) is 3.63. The minimum Gasteiger partial charge on any atom is -0.318 e. The molecule has 1 N–H and O–H groups in total. The summed E-state index contributed by atoms with van der Waals surface area (Å²) in [6, 6.07) is 5.25. The third-order valence-corrected chi connectivity index (χ3v) is 5.40. The van der Waals surface area contributed by atoms with E-state index in [0.717, 1.165) is 13.6 Å². The molecule has 5 nitrogen and oxygen atoms in total. The van der Waals surface area contributed by atoms with Crippen LogP contribution in [0.3, 0.4) is 0 Å². The summed E-state index contributed by atoms with van der Waals surface area (Å²) < 4.78 is 1.74. The number of nitrogens with zero attached hydrogens (tertiary/aromatic N) is 2. The minimum absolute atomic E-state index is 0.427. The van der Waals surface area contributed by atoms with Crippen LogP contribution < -0.4 is 5.32 Å². The van der Waals surface area contributed by atoms with Crippen molar-refractivity contribution in [3.63, 3.8) is 0 Å². The molecule has 3 rings (SSSR count). The second-order valence-corrected chi connectivity index (χ2v) is 6.98. The fourth-order valence-corrected chi connectivity index (χ4v) is 4.06. The summed E-state index contributed by atoms with van der Waals surface area (Å²) in [6.07, 6.45) is 1.95. The first-order valence-corrected chi connectivity index (χ1v) is 8.08. The minimum atomic E-state index is -0.572. The van der Waals surface area contributed by atoms with Crippen molar-refractivity contribution in [2.75, 3.05) is 11.6 Å². The van der Waals surface area contributed by atoms with Crippen LogP contribution in [0.5, 0.6) is 0 Å². The van der Waals surface area contributed by atoms with Crippen LogP contribution in [0.4, 0.5) is 5.69 Å². The van der Waals surface area contributed by atoms with E-state index in [2.05, 4.69) is 15.5 Å². The van der Waals surface area contributed by atoms with Crippen LogP contribution in [0.2, 0.25) is 0 Å². The first-order valence-electron chi connectivity index (χ1n) is 5.22. The largest absolute Gasteiger partial charge is 0.318 e. The van der Waals surface area contributed by atoms with Crippen molar-refractivity contribution in [1.29, 1.82) is 0 Å².